The monoisotopic (exact) mass is 260 g/mol. The fourth-order valence-electron chi connectivity index (χ4n) is 1.57. The largest absolute Gasteiger partial charge is 0.478 e. The third-order valence-electron chi connectivity index (χ3n) is 2.32. The number of pyridine rings is 1. The van der Waals surface area contributed by atoms with Gasteiger partial charge in [-0.2, -0.15) is 0 Å². The highest BCUT2D eigenvalue weighted by molar-refractivity contribution is 5.94. The molecule has 0 unspecified atom stereocenters. The van der Waals surface area contributed by atoms with E-state index in [1.165, 1.54) is 6.07 Å². The Morgan fingerprint density at radius 2 is 2.22 bits per heavy atom. The maximum Gasteiger partial charge on any atom is 0.339 e. The highest BCUT2D eigenvalue weighted by atomic mass is 19.3. The number of alkyl halides is 2. The highest BCUT2D eigenvalue weighted by Gasteiger charge is 2.19. The summed E-state index contributed by atoms with van der Waals surface area (Å²) in [6.45, 7) is 0.597. The molecule has 1 rings (SSSR count). The van der Waals surface area contributed by atoms with Crippen molar-refractivity contribution >= 4 is 11.7 Å². The number of aryl methyl sites for hydroxylation is 1. The smallest absolute Gasteiger partial charge is 0.339 e. The van der Waals surface area contributed by atoms with E-state index in [-0.39, 0.29) is 24.4 Å². The molecule has 0 bridgehead atoms. The van der Waals surface area contributed by atoms with Gasteiger partial charge in [-0.25, -0.2) is 13.6 Å². The number of aliphatic hydroxyl groups is 1. The van der Waals surface area contributed by atoms with Crippen LogP contribution in [0.1, 0.15) is 16.1 Å². The molecule has 18 heavy (non-hydrogen) atoms. The van der Waals surface area contributed by atoms with Crippen LogP contribution in [0.5, 0.6) is 0 Å². The van der Waals surface area contributed by atoms with E-state index in [4.69, 9.17) is 10.2 Å². The standard InChI is InChI=1S/C11H14F2N2O3/c1-7-4-9(8(5-14-7)11(17)18)15(2-3-16)6-10(12)13/h4-5,10,16H,2-3,6H2,1H3,(H,17,18). The summed E-state index contributed by atoms with van der Waals surface area (Å²) in [5.74, 6) is -1.24. The number of hydrogen-bond acceptors (Lipinski definition) is 4. The van der Waals surface area contributed by atoms with Crippen LogP contribution in [0, 0.1) is 6.92 Å². The number of carboxylic acid groups (broad SMARTS) is 1. The summed E-state index contributed by atoms with van der Waals surface area (Å²) >= 11 is 0. The molecule has 5 nitrogen and oxygen atoms in total. The lowest BCUT2D eigenvalue weighted by atomic mass is 10.2. The molecule has 0 atom stereocenters. The van der Waals surface area contributed by atoms with Crippen LogP contribution in [0.4, 0.5) is 14.5 Å². The molecule has 0 aliphatic carbocycles. The summed E-state index contributed by atoms with van der Waals surface area (Å²) in [6.07, 6.45) is -1.49. The molecule has 7 heteroatoms. The molecule has 0 saturated heterocycles. The molecule has 1 heterocycles. The van der Waals surface area contributed by atoms with Crippen LogP contribution >= 0.6 is 0 Å². The van der Waals surface area contributed by atoms with Gasteiger partial charge in [0.25, 0.3) is 6.43 Å². The number of hydrogen-bond donors (Lipinski definition) is 2. The highest BCUT2D eigenvalue weighted by Crippen LogP contribution is 2.21. The van der Waals surface area contributed by atoms with Gasteiger partial charge in [-0.15, -0.1) is 0 Å². The van der Waals surface area contributed by atoms with Crippen LogP contribution in [-0.2, 0) is 0 Å². The Morgan fingerprint density at radius 1 is 1.56 bits per heavy atom. The number of aliphatic hydroxyl groups excluding tert-OH is 1. The summed E-state index contributed by atoms with van der Waals surface area (Å²) in [7, 11) is 0. The first-order chi connectivity index (χ1) is 8.45. The van der Waals surface area contributed by atoms with Gasteiger partial charge in [0.05, 0.1) is 18.8 Å². The Bertz CT molecular complexity index is 427. The topological polar surface area (TPSA) is 73.7 Å². The molecule has 1 aromatic rings. The van der Waals surface area contributed by atoms with E-state index >= 15 is 0 Å². The summed E-state index contributed by atoms with van der Waals surface area (Å²) in [4.78, 5) is 16.0. The maximum atomic E-state index is 12.4. The van der Waals surface area contributed by atoms with E-state index < -0.39 is 18.9 Å². The van der Waals surface area contributed by atoms with Crippen LogP contribution in [-0.4, -0.2) is 47.3 Å². The molecular weight excluding hydrogens is 246 g/mol. The maximum absolute atomic E-state index is 12.4. The van der Waals surface area contributed by atoms with Gasteiger partial charge in [0, 0.05) is 18.4 Å². The van der Waals surface area contributed by atoms with Crippen molar-refractivity contribution in [3.8, 4) is 0 Å². The summed E-state index contributed by atoms with van der Waals surface area (Å²) < 4.78 is 24.9. The van der Waals surface area contributed by atoms with Crippen molar-refractivity contribution in [2.45, 2.75) is 13.3 Å². The molecule has 0 aliphatic rings. The quantitative estimate of drug-likeness (QED) is 0.802. The fourth-order valence-corrected chi connectivity index (χ4v) is 1.57. The van der Waals surface area contributed by atoms with Crippen molar-refractivity contribution in [1.82, 2.24) is 4.98 Å². The minimum absolute atomic E-state index is 0.0614. The number of aromatic carboxylic acids is 1. The van der Waals surface area contributed by atoms with Crippen molar-refractivity contribution in [2.24, 2.45) is 0 Å². The normalized spacial score (nSPS) is 10.7. The molecule has 0 saturated carbocycles. The molecule has 1 aromatic heterocycles. The lowest BCUT2D eigenvalue weighted by Gasteiger charge is -2.25. The summed E-state index contributed by atoms with van der Waals surface area (Å²) in [5, 5.41) is 17.9. The first-order valence-electron chi connectivity index (χ1n) is 5.29. The van der Waals surface area contributed by atoms with Crippen molar-refractivity contribution in [1.29, 1.82) is 0 Å². The lowest BCUT2D eigenvalue weighted by Crippen LogP contribution is -2.33. The van der Waals surface area contributed by atoms with Gasteiger partial charge >= 0.3 is 5.97 Å². The summed E-state index contributed by atoms with van der Waals surface area (Å²) in [5.41, 5.74) is 0.506. The molecule has 0 aromatic carbocycles. The first kappa shape index (κ1) is 14.3. The van der Waals surface area contributed by atoms with Gasteiger partial charge in [-0.05, 0) is 13.0 Å². The van der Waals surface area contributed by atoms with E-state index in [2.05, 4.69) is 4.98 Å². The number of nitrogens with zero attached hydrogens (tertiary/aromatic N) is 2. The van der Waals surface area contributed by atoms with Crippen LogP contribution in [0.3, 0.4) is 0 Å². The second-order valence-electron chi connectivity index (χ2n) is 3.71. The molecular formula is C11H14F2N2O3. The third-order valence-corrected chi connectivity index (χ3v) is 2.32. The van der Waals surface area contributed by atoms with Gasteiger partial charge < -0.3 is 15.1 Å². The number of anilines is 1. The Morgan fingerprint density at radius 3 is 2.72 bits per heavy atom. The van der Waals surface area contributed by atoms with Crippen molar-refractivity contribution in [3.05, 3.63) is 23.5 Å². The number of rotatable bonds is 6. The Kier molecular flexibility index (Phi) is 4.96. The van der Waals surface area contributed by atoms with Crippen LogP contribution < -0.4 is 4.90 Å². The molecule has 0 radical (unpaired) electrons. The van der Waals surface area contributed by atoms with E-state index in [0.717, 1.165) is 11.1 Å². The molecule has 0 fully saturated rings. The number of aromatic nitrogens is 1. The second-order valence-corrected chi connectivity index (χ2v) is 3.71. The van der Waals surface area contributed by atoms with Crippen molar-refractivity contribution < 1.29 is 23.8 Å². The molecule has 0 spiro atoms. The predicted molar refractivity (Wildman–Crippen MR) is 61.2 cm³/mol. The summed E-state index contributed by atoms with van der Waals surface area (Å²) in [6, 6.07) is 1.42. The molecule has 0 amide bonds. The minimum atomic E-state index is -2.62. The Hall–Kier alpha value is -1.76. The van der Waals surface area contributed by atoms with Crippen molar-refractivity contribution in [3.63, 3.8) is 0 Å². The Balaban J connectivity index is 3.15. The van der Waals surface area contributed by atoms with E-state index in [1.807, 2.05) is 0 Å². The third kappa shape index (κ3) is 3.63. The van der Waals surface area contributed by atoms with E-state index in [1.54, 1.807) is 6.92 Å². The van der Waals surface area contributed by atoms with Gasteiger partial charge in [0.15, 0.2) is 0 Å². The predicted octanol–water partition coefficient (Wildman–Crippen LogP) is 1.15. The average molecular weight is 260 g/mol. The van der Waals surface area contributed by atoms with Crippen molar-refractivity contribution in [2.75, 3.05) is 24.6 Å². The van der Waals surface area contributed by atoms with Crippen LogP contribution in [0.15, 0.2) is 12.3 Å². The number of halogens is 2. The Labute approximate surface area is 103 Å². The van der Waals surface area contributed by atoms with Crippen LogP contribution in [0.25, 0.3) is 0 Å². The first-order valence-corrected chi connectivity index (χ1v) is 5.29. The van der Waals surface area contributed by atoms with E-state index in [0.29, 0.717) is 5.69 Å². The zero-order valence-electron chi connectivity index (χ0n) is 9.81. The van der Waals surface area contributed by atoms with Gasteiger partial charge in [-0.1, -0.05) is 0 Å². The lowest BCUT2D eigenvalue weighted by molar-refractivity contribution is 0.0696. The zero-order chi connectivity index (χ0) is 13.7. The fraction of sp³-hybridized carbons (Fsp3) is 0.455. The second kappa shape index (κ2) is 6.25. The van der Waals surface area contributed by atoms with Gasteiger partial charge in [0.1, 0.15) is 5.56 Å². The minimum Gasteiger partial charge on any atom is -0.478 e. The van der Waals surface area contributed by atoms with Gasteiger partial charge in [0.2, 0.25) is 0 Å². The molecule has 0 aliphatic heterocycles. The van der Waals surface area contributed by atoms with E-state index in [9.17, 15) is 13.6 Å². The van der Waals surface area contributed by atoms with Gasteiger partial charge in [-0.3, -0.25) is 4.98 Å². The zero-order valence-corrected chi connectivity index (χ0v) is 9.81. The van der Waals surface area contributed by atoms with Crippen LogP contribution in [0.2, 0.25) is 0 Å². The number of carboxylic acids is 1. The average Bonchev–Trinajstić information content (AvgIpc) is 2.27. The molecule has 100 valence electrons. The SMILES string of the molecule is Cc1cc(N(CCO)CC(F)F)c(C(=O)O)cn1. The molecule has 2 N–H and O–H groups in total. The number of carbonyl (C=O) groups is 1.